The predicted octanol–water partition coefficient (Wildman–Crippen LogP) is 3.49. The number of aromatic nitrogens is 2. The smallest absolute Gasteiger partial charge is 0.252 e. The van der Waals surface area contributed by atoms with E-state index in [1.165, 1.54) is 0 Å². The molecule has 2 heterocycles. The average molecular weight is 329 g/mol. The van der Waals surface area contributed by atoms with Crippen molar-refractivity contribution in [2.75, 3.05) is 6.54 Å². The Labute approximate surface area is 144 Å². The van der Waals surface area contributed by atoms with E-state index in [1.807, 2.05) is 60.1 Å². The van der Waals surface area contributed by atoms with Crippen LogP contribution in [0.15, 0.2) is 18.5 Å². The summed E-state index contributed by atoms with van der Waals surface area (Å²) in [6.07, 6.45) is 4.69. The van der Waals surface area contributed by atoms with Gasteiger partial charge in [0, 0.05) is 36.5 Å². The second-order valence-corrected chi connectivity index (χ2v) is 5.98. The summed E-state index contributed by atoms with van der Waals surface area (Å²) in [5.41, 5.74) is 4.81. The summed E-state index contributed by atoms with van der Waals surface area (Å²) in [7, 11) is 1.89. The van der Waals surface area contributed by atoms with Crippen LogP contribution in [-0.4, -0.2) is 28.3 Å². The van der Waals surface area contributed by atoms with E-state index in [2.05, 4.69) is 10.4 Å². The molecule has 5 nitrogen and oxygen atoms in total. The zero-order valence-corrected chi connectivity index (χ0v) is 15.4. The molecule has 0 spiro atoms. The van der Waals surface area contributed by atoms with E-state index in [9.17, 15) is 4.79 Å². The number of rotatable bonds is 3. The van der Waals surface area contributed by atoms with Crippen LogP contribution in [0.4, 0.5) is 0 Å². The molecule has 1 aliphatic heterocycles. The first-order valence-electron chi connectivity index (χ1n) is 8.57. The Hall–Kier alpha value is -2.30. The Morgan fingerprint density at radius 2 is 2.04 bits per heavy atom. The van der Waals surface area contributed by atoms with E-state index < -0.39 is 0 Å². The molecule has 0 atom stereocenters. The highest BCUT2D eigenvalue weighted by Gasteiger charge is 2.25. The summed E-state index contributed by atoms with van der Waals surface area (Å²) >= 11 is 0. The normalized spacial score (nSPS) is 13.0. The molecule has 0 bridgehead atoms. The van der Waals surface area contributed by atoms with E-state index in [4.69, 9.17) is 4.74 Å². The highest BCUT2D eigenvalue weighted by atomic mass is 16.5. The van der Waals surface area contributed by atoms with Crippen molar-refractivity contribution in [2.24, 2.45) is 7.05 Å². The van der Waals surface area contributed by atoms with Crippen molar-refractivity contribution in [1.82, 2.24) is 15.1 Å². The molecule has 3 rings (SSSR count). The number of hydrogen-bond donors (Lipinski definition) is 1. The number of benzene rings is 1. The molecule has 0 aliphatic carbocycles. The van der Waals surface area contributed by atoms with Crippen LogP contribution in [0, 0.1) is 6.92 Å². The first-order valence-corrected chi connectivity index (χ1v) is 8.57. The maximum Gasteiger partial charge on any atom is 0.252 e. The molecule has 0 saturated carbocycles. The maximum absolute atomic E-state index is 12.3. The van der Waals surface area contributed by atoms with Gasteiger partial charge in [0.05, 0.1) is 12.3 Å². The van der Waals surface area contributed by atoms with Crippen molar-refractivity contribution < 1.29 is 9.53 Å². The molecule has 2 aromatic rings. The van der Waals surface area contributed by atoms with Crippen LogP contribution in [0.1, 0.15) is 49.2 Å². The number of carbonyl (C=O) groups excluding carboxylic acids is 1. The van der Waals surface area contributed by atoms with Crippen LogP contribution >= 0.6 is 0 Å². The first kappa shape index (κ1) is 18.0. The number of ether oxygens (including phenoxy) is 1. The van der Waals surface area contributed by atoms with Crippen molar-refractivity contribution in [3.8, 4) is 16.9 Å². The lowest BCUT2D eigenvalue weighted by atomic mass is 9.88. The number of nitrogens with zero attached hydrogens (tertiary/aromatic N) is 2. The van der Waals surface area contributed by atoms with Gasteiger partial charge >= 0.3 is 0 Å². The highest BCUT2D eigenvalue weighted by Crippen LogP contribution is 2.36. The van der Waals surface area contributed by atoms with Crippen molar-refractivity contribution in [3.05, 3.63) is 35.2 Å². The van der Waals surface area contributed by atoms with Gasteiger partial charge in [-0.3, -0.25) is 9.48 Å². The molecule has 0 unspecified atom stereocenters. The predicted molar refractivity (Wildman–Crippen MR) is 96.5 cm³/mol. The third-order valence-electron chi connectivity index (χ3n) is 3.91. The fourth-order valence-electron chi connectivity index (χ4n) is 2.96. The van der Waals surface area contributed by atoms with Gasteiger partial charge in [-0.2, -0.15) is 5.10 Å². The lowest BCUT2D eigenvalue weighted by Crippen LogP contribution is -2.33. The van der Waals surface area contributed by atoms with E-state index in [0.717, 1.165) is 40.0 Å². The molecule has 1 aliphatic rings. The largest absolute Gasteiger partial charge is 0.491 e. The molecular weight excluding hydrogens is 302 g/mol. The number of amides is 1. The van der Waals surface area contributed by atoms with Gasteiger partial charge < -0.3 is 10.1 Å². The SMILES string of the molecule is CC.Cc1c(OC(C)C)cc(-c2cnn(C)c2)c2c1C(=O)NCC2. The molecule has 130 valence electrons. The van der Waals surface area contributed by atoms with Gasteiger partial charge in [0.25, 0.3) is 5.91 Å². The lowest BCUT2D eigenvalue weighted by Gasteiger charge is -2.24. The van der Waals surface area contributed by atoms with Crippen molar-refractivity contribution in [2.45, 2.75) is 47.1 Å². The van der Waals surface area contributed by atoms with E-state index in [-0.39, 0.29) is 12.0 Å². The van der Waals surface area contributed by atoms with Gasteiger partial charge in [0.2, 0.25) is 0 Å². The second-order valence-electron chi connectivity index (χ2n) is 5.98. The topological polar surface area (TPSA) is 56.2 Å². The van der Waals surface area contributed by atoms with Crippen molar-refractivity contribution in [1.29, 1.82) is 0 Å². The van der Waals surface area contributed by atoms with Gasteiger partial charge in [-0.15, -0.1) is 0 Å². The molecule has 24 heavy (non-hydrogen) atoms. The Balaban J connectivity index is 0.00000100. The summed E-state index contributed by atoms with van der Waals surface area (Å²) in [6.45, 7) is 10.6. The zero-order valence-electron chi connectivity index (χ0n) is 15.4. The third-order valence-corrected chi connectivity index (χ3v) is 3.91. The standard InChI is InChI=1S/C17H21N3O2.C2H6/c1-10(2)22-15-7-14(12-8-19-20(4)9-12)13-5-6-18-17(21)16(13)11(15)3;1-2/h7-10H,5-6H2,1-4H3,(H,18,21);1-2H3. The molecule has 1 N–H and O–H groups in total. The fraction of sp³-hybridized carbons (Fsp3) is 0.474. The molecule has 1 aromatic heterocycles. The molecule has 1 aromatic carbocycles. The Kier molecular flexibility index (Phi) is 5.65. The second kappa shape index (κ2) is 7.51. The minimum atomic E-state index is -0.0157. The highest BCUT2D eigenvalue weighted by molar-refractivity contribution is 6.01. The van der Waals surface area contributed by atoms with E-state index in [0.29, 0.717) is 6.54 Å². The number of fused-ring (bicyclic) bond motifs is 1. The van der Waals surface area contributed by atoms with Gasteiger partial charge in [-0.25, -0.2) is 0 Å². The molecule has 0 saturated heterocycles. The van der Waals surface area contributed by atoms with E-state index in [1.54, 1.807) is 4.68 Å². The molecular formula is C19H27N3O2. The summed E-state index contributed by atoms with van der Waals surface area (Å²) < 4.78 is 7.69. The average Bonchev–Trinajstić information content (AvgIpc) is 2.98. The lowest BCUT2D eigenvalue weighted by molar-refractivity contribution is 0.0944. The van der Waals surface area contributed by atoms with Crippen molar-refractivity contribution in [3.63, 3.8) is 0 Å². The first-order chi connectivity index (χ1) is 11.5. The van der Waals surface area contributed by atoms with Crippen LogP contribution in [-0.2, 0) is 13.5 Å². The molecule has 0 fully saturated rings. The molecule has 0 radical (unpaired) electrons. The number of nitrogens with one attached hydrogen (secondary N) is 1. The fourth-order valence-corrected chi connectivity index (χ4v) is 2.96. The molecule has 5 heteroatoms. The summed E-state index contributed by atoms with van der Waals surface area (Å²) in [4.78, 5) is 12.3. The third kappa shape index (κ3) is 3.45. The molecule has 1 amide bonds. The Morgan fingerprint density at radius 3 is 2.62 bits per heavy atom. The maximum atomic E-state index is 12.3. The number of carbonyl (C=O) groups is 1. The van der Waals surface area contributed by atoms with Gasteiger partial charge in [0.15, 0.2) is 0 Å². The van der Waals surface area contributed by atoms with Gasteiger partial charge in [-0.05, 0) is 44.4 Å². The van der Waals surface area contributed by atoms with Crippen LogP contribution < -0.4 is 10.1 Å². The number of hydrogen-bond acceptors (Lipinski definition) is 3. The zero-order chi connectivity index (χ0) is 17.9. The van der Waals surface area contributed by atoms with Gasteiger partial charge in [0.1, 0.15) is 5.75 Å². The summed E-state index contributed by atoms with van der Waals surface area (Å²) in [5.74, 6) is 0.753. The monoisotopic (exact) mass is 329 g/mol. The minimum Gasteiger partial charge on any atom is -0.491 e. The number of aryl methyl sites for hydroxylation is 1. The van der Waals surface area contributed by atoms with Crippen LogP contribution in [0.25, 0.3) is 11.1 Å². The van der Waals surface area contributed by atoms with E-state index >= 15 is 0 Å². The van der Waals surface area contributed by atoms with Crippen LogP contribution in [0.2, 0.25) is 0 Å². The van der Waals surface area contributed by atoms with Gasteiger partial charge in [-0.1, -0.05) is 13.8 Å². The van der Waals surface area contributed by atoms with Crippen LogP contribution in [0.5, 0.6) is 5.75 Å². The van der Waals surface area contributed by atoms with Crippen molar-refractivity contribution >= 4 is 5.91 Å². The minimum absolute atomic E-state index is 0.0157. The van der Waals surface area contributed by atoms with Crippen LogP contribution in [0.3, 0.4) is 0 Å². The Morgan fingerprint density at radius 1 is 1.33 bits per heavy atom. The summed E-state index contributed by atoms with van der Waals surface area (Å²) in [6, 6.07) is 2.05. The quantitative estimate of drug-likeness (QED) is 0.938. The Bertz CT molecular complexity index is 732. The summed E-state index contributed by atoms with van der Waals surface area (Å²) in [5, 5.41) is 7.18.